The molecule has 2 heterocycles. The average Bonchev–Trinajstić information content (AvgIpc) is 2.98. The van der Waals surface area contributed by atoms with E-state index in [0.29, 0.717) is 24.5 Å². The van der Waals surface area contributed by atoms with Gasteiger partial charge in [0.05, 0.1) is 22.5 Å². The lowest BCUT2D eigenvalue weighted by Crippen LogP contribution is -2.27. The molecule has 0 fully saturated rings. The minimum atomic E-state index is -1.19. The summed E-state index contributed by atoms with van der Waals surface area (Å²) >= 11 is 5.90. The number of carbonyl (C=O) groups excluding carboxylic acids is 1. The molecule has 9 heteroatoms. The molecular weight excluding hydrogens is 310 g/mol. The zero-order valence-corrected chi connectivity index (χ0v) is 13.0. The molecule has 2 aromatic heterocycles. The van der Waals surface area contributed by atoms with E-state index >= 15 is 0 Å². The Bertz CT molecular complexity index is 687. The summed E-state index contributed by atoms with van der Waals surface area (Å²) in [6.07, 6.45) is 3.61. The predicted octanol–water partition coefficient (Wildman–Crippen LogP) is 1.10. The highest BCUT2D eigenvalue weighted by molar-refractivity contribution is 6.31. The molecular formula is C13H16ClN5O3. The quantitative estimate of drug-likeness (QED) is 0.774. The van der Waals surface area contributed by atoms with Crippen LogP contribution in [0.1, 0.15) is 33.0 Å². The van der Waals surface area contributed by atoms with Crippen molar-refractivity contribution in [1.82, 2.24) is 24.9 Å². The van der Waals surface area contributed by atoms with Crippen molar-refractivity contribution in [3.05, 3.63) is 34.4 Å². The van der Waals surface area contributed by atoms with Crippen LogP contribution < -0.4 is 5.32 Å². The lowest BCUT2D eigenvalue weighted by molar-refractivity contribution is 0.0679. The molecule has 0 saturated carbocycles. The van der Waals surface area contributed by atoms with Gasteiger partial charge in [-0.2, -0.15) is 10.2 Å². The van der Waals surface area contributed by atoms with Crippen molar-refractivity contribution in [2.24, 2.45) is 7.05 Å². The second kappa shape index (κ2) is 6.61. The standard InChI is InChI=1S/C13H16ClN5O3/c1-8-10(14)7-19(17-8)5-3-4-15-12(20)9-6-16-18(2)11(9)13(21)22/h6-7H,3-5H2,1-2H3,(H,15,20)(H,21,22). The van der Waals surface area contributed by atoms with Gasteiger partial charge in [0.1, 0.15) is 0 Å². The first-order valence-electron chi connectivity index (χ1n) is 6.63. The number of hydrogen-bond acceptors (Lipinski definition) is 4. The molecule has 0 unspecified atom stereocenters. The van der Waals surface area contributed by atoms with Gasteiger partial charge in [-0.15, -0.1) is 0 Å². The Morgan fingerprint density at radius 1 is 1.45 bits per heavy atom. The summed E-state index contributed by atoms with van der Waals surface area (Å²) in [5.74, 6) is -1.65. The van der Waals surface area contributed by atoms with Gasteiger partial charge in [0.25, 0.3) is 5.91 Å². The second-order valence-corrected chi connectivity index (χ2v) is 5.18. The van der Waals surface area contributed by atoms with Crippen molar-refractivity contribution in [2.45, 2.75) is 19.9 Å². The molecule has 2 N–H and O–H groups in total. The third-order valence-electron chi connectivity index (χ3n) is 3.12. The SMILES string of the molecule is Cc1nn(CCCNC(=O)c2cnn(C)c2C(=O)O)cc1Cl. The summed E-state index contributed by atoms with van der Waals surface area (Å²) in [6, 6.07) is 0. The maximum Gasteiger partial charge on any atom is 0.354 e. The van der Waals surface area contributed by atoms with E-state index < -0.39 is 11.9 Å². The highest BCUT2D eigenvalue weighted by atomic mass is 35.5. The van der Waals surface area contributed by atoms with Gasteiger partial charge in [-0.1, -0.05) is 11.6 Å². The summed E-state index contributed by atoms with van der Waals surface area (Å²) in [5, 5.41) is 20.3. The lowest BCUT2D eigenvalue weighted by atomic mass is 10.2. The molecule has 1 amide bonds. The van der Waals surface area contributed by atoms with E-state index in [1.807, 2.05) is 6.92 Å². The Hall–Kier alpha value is -2.35. The summed E-state index contributed by atoms with van der Waals surface area (Å²) in [7, 11) is 1.48. The predicted molar refractivity (Wildman–Crippen MR) is 79.1 cm³/mol. The second-order valence-electron chi connectivity index (χ2n) is 4.77. The maximum absolute atomic E-state index is 12.0. The van der Waals surface area contributed by atoms with Crippen LogP contribution in [-0.4, -0.2) is 43.1 Å². The molecule has 118 valence electrons. The Balaban J connectivity index is 1.87. The van der Waals surface area contributed by atoms with E-state index in [1.165, 1.54) is 13.2 Å². The molecule has 0 aromatic carbocycles. The van der Waals surface area contributed by atoms with E-state index in [9.17, 15) is 9.59 Å². The van der Waals surface area contributed by atoms with Crippen molar-refractivity contribution < 1.29 is 14.7 Å². The molecule has 0 atom stereocenters. The van der Waals surface area contributed by atoms with Crippen molar-refractivity contribution in [1.29, 1.82) is 0 Å². The molecule has 2 aromatic rings. The van der Waals surface area contributed by atoms with Crippen LogP contribution in [0, 0.1) is 6.92 Å². The van der Waals surface area contributed by atoms with E-state index in [0.717, 1.165) is 10.4 Å². The number of nitrogens with one attached hydrogen (secondary N) is 1. The van der Waals surface area contributed by atoms with E-state index in [-0.39, 0.29) is 11.3 Å². The molecule has 0 spiro atoms. The molecule has 8 nitrogen and oxygen atoms in total. The molecule has 2 rings (SSSR count). The molecule has 0 aliphatic carbocycles. The number of carbonyl (C=O) groups is 2. The van der Waals surface area contributed by atoms with Gasteiger partial charge in [-0.05, 0) is 13.3 Å². The normalized spacial score (nSPS) is 10.7. The van der Waals surface area contributed by atoms with Gasteiger partial charge < -0.3 is 10.4 Å². The summed E-state index contributed by atoms with van der Waals surface area (Å²) < 4.78 is 2.86. The van der Waals surface area contributed by atoms with Gasteiger partial charge in [-0.3, -0.25) is 14.2 Å². The van der Waals surface area contributed by atoms with Crippen LogP contribution in [0.4, 0.5) is 0 Å². The van der Waals surface area contributed by atoms with Crippen LogP contribution in [0.15, 0.2) is 12.4 Å². The maximum atomic E-state index is 12.0. The lowest BCUT2D eigenvalue weighted by Gasteiger charge is -2.05. The summed E-state index contributed by atoms with van der Waals surface area (Å²) in [6.45, 7) is 2.81. The number of aryl methyl sites for hydroxylation is 3. The fourth-order valence-electron chi connectivity index (χ4n) is 2.00. The van der Waals surface area contributed by atoms with Crippen molar-refractivity contribution in [3.63, 3.8) is 0 Å². The number of nitrogens with zero attached hydrogens (tertiary/aromatic N) is 4. The number of hydrogen-bond donors (Lipinski definition) is 2. The van der Waals surface area contributed by atoms with Crippen LogP contribution in [-0.2, 0) is 13.6 Å². The fourth-order valence-corrected chi connectivity index (χ4v) is 2.15. The Morgan fingerprint density at radius 2 is 2.18 bits per heavy atom. The topological polar surface area (TPSA) is 102 Å². The monoisotopic (exact) mass is 325 g/mol. The number of aromatic nitrogens is 4. The van der Waals surface area contributed by atoms with Crippen molar-refractivity contribution in [3.8, 4) is 0 Å². The minimum absolute atomic E-state index is 0.0491. The third-order valence-corrected chi connectivity index (χ3v) is 3.49. The molecule has 0 radical (unpaired) electrons. The van der Waals surface area contributed by atoms with E-state index in [2.05, 4.69) is 15.5 Å². The number of aromatic carboxylic acids is 1. The number of amides is 1. The van der Waals surface area contributed by atoms with Gasteiger partial charge in [0.2, 0.25) is 0 Å². The Kier molecular flexibility index (Phi) is 4.81. The Labute approximate surface area is 131 Å². The highest BCUT2D eigenvalue weighted by Crippen LogP contribution is 2.12. The Morgan fingerprint density at radius 3 is 2.77 bits per heavy atom. The molecule has 0 bridgehead atoms. The fraction of sp³-hybridized carbons (Fsp3) is 0.385. The number of rotatable bonds is 6. The third kappa shape index (κ3) is 3.45. The summed E-state index contributed by atoms with van der Waals surface area (Å²) in [5.41, 5.74) is 0.673. The molecule has 0 saturated heterocycles. The number of carboxylic acids is 1. The van der Waals surface area contributed by atoms with E-state index in [1.54, 1.807) is 10.9 Å². The van der Waals surface area contributed by atoms with Crippen LogP contribution in [0.5, 0.6) is 0 Å². The van der Waals surface area contributed by atoms with Crippen LogP contribution >= 0.6 is 11.6 Å². The minimum Gasteiger partial charge on any atom is -0.477 e. The largest absolute Gasteiger partial charge is 0.477 e. The number of halogens is 1. The van der Waals surface area contributed by atoms with E-state index in [4.69, 9.17) is 16.7 Å². The van der Waals surface area contributed by atoms with Gasteiger partial charge in [0.15, 0.2) is 5.69 Å². The van der Waals surface area contributed by atoms with Gasteiger partial charge >= 0.3 is 5.97 Å². The number of carboxylic acid groups (broad SMARTS) is 1. The average molecular weight is 326 g/mol. The highest BCUT2D eigenvalue weighted by Gasteiger charge is 2.20. The first kappa shape index (κ1) is 16.0. The molecule has 0 aliphatic rings. The van der Waals surface area contributed by atoms with Crippen LogP contribution in [0.25, 0.3) is 0 Å². The smallest absolute Gasteiger partial charge is 0.354 e. The van der Waals surface area contributed by atoms with Crippen LogP contribution in [0.2, 0.25) is 5.02 Å². The zero-order valence-electron chi connectivity index (χ0n) is 12.2. The summed E-state index contributed by atoms with van der Waals surface area (Å²) in [4.78, 5) is 23.1. The molecule has 0 aliphatic heterocycles. The zero-order chi connectivity index (χ0) is 16.3. The van der Waals surface area contributed by atoms with Crippen LogP contribution in [0.3, 0.4) is 0 Å². The van der Waals surface area contributed by atoms with Crippen molar-refractivity contribution in [2.75, 3.05) is 6.54 Å². The molecule has 22 heavy (non-hydrogen) atoms. The van der Waals surface area contributed by atoms with Gasteiger partial charge in [-0.25, -0.2) is 4.79 Å². The first-order chi connectivity index (χ1) is 10.4. The first-order valence-corrected chi connectivity index (χ1v) is 7.01. The van der Waals surface area contributed by atoms with Gasteiger partial charge in [0, 0.05) is 26.3 Å². The van der Waals surface area contributed by atoms with Crippen molar-refractivity contribution >= 4 is 23.5 Å².